The summed E-state index contributed by atoms with van der Waals surface area (Å²) in [5, 5.41) is 18.1. The van der Waals surface area contributed by atoms with Crippen molar-refractivity contribution in [3.05, 3.63) is 125 Å². The Bertz CT molecular complexity index is 3060. The van der Waals surface area contributed by atoms with E-state index in [0.29, 0.717) is 83.1 Å². The molecule has 63 heavy (non-hydrogen) atoms. The highest BCUT2D eigenvalue weighted by Gasteiger charge is 2.27. The Hall–Kier alpha value is -5.84. The van der Waals surface area contributed by atoms with E-state index in [2.05, 4.69) is 30.2 Å². The van der Waals surface area contributed by atoms with Gasteiger partial charge in [-0.1, -0.05) is 60.1 Å². The number of carboxylic acid groups (broad SMARTS) is 1. The number of benzene rings is 5. The fourth-order valence-corrected chi connectivity index (χ4v) is 10.0. The Morgan fingerprint density at radius 2 is 1.70 bits per heavy atom. The summed E-state index contributed by atoms with van der Waals surface area (Å²) in [6, 6.07) is 23.6. The third kappa shape index (κ3) is 9.29. The van der Waals surface area contributed by atoms with Gasteiger partial charge >= 0.3 is 13.6 Å². The van der Waals surface area contributed by atoms with E-state index in [9.17, 15) is 28.6 Å². The van der Waals surface area contributed by atoms with Crippen molar-refractivity contribution in [1.29, 1.82) is 0 Å². The number of nitrogens with one attached hydrogen (secondary N) is 1. The summed E-state index contributed by atoms with van der Waals surface area (Å²) in [4.78, 5) is 52.4. The molecule has 0 radical (unpaired) electrons. The number of piperazine rings is 1. The average molecular weight is 909 g/mol. The largest absolute Gasteiger partial charge is 0.491 e. The summed E-state index contributed by atoms with van der Waals surface area (Å²) in [5.74, 6) is -0.288. The van der Waals surface area contributed by atoms with E-state index in [1.165, 1.54) is 29.8 Å². The van der Waals surface area contributed by atoms with Crippen LogP contribution in [-0.2, 0) is 28.5 Å². The highest BCUT2D eigenvalue weighted by atomic mass is 35.5. The maximum absolute atomic E-state index is 15.0. The summed E-state index contributed by atoms with van der Waals surface area (Å²) in [6.45, 7) is 4.87. The van der Waals surface area contributed by atoms with Gasteiger partial charge in [0.2, 0.25) is 12.0 Å². The second kappa shape index (κ2) is 18.1. The number of carboxylic acids is 1. The number of nitrogens with zero attached hydrogens (tertiary/aromatic N) is 5. The number of para-hydroxylation sites is 1. The molecule has 0 saturated carbocycles. The Kier molecular flexibility index (Phi) is 12.2. The molecule has 0 aliphatic carbocycles. The number of halogens is 2. The lowest BCUT2D eigenvalue weighted by Crippen LogP contribution is -2.44. The average Bonchev–Trinajstić information content (AvgIpc) is 3.67. The van der Waals surface area contributed by atoms with Gasteiger partial charge in [0.05, 0.1) is 22.3 Å². The normalized spacial score (nSPS) is 14.1. The SMILES string of the molecule is O=C(O)[C@@H](Cc1ccccc1OCc1ccnc(-c2ccc(CP(=O)(O)O)cc2)n1)Oc1ncnc2sc3c4ccc(F)cc4c4c(Cl)c(OCCN5CCNCC5)ccc4c3c12. The first-order valence-electron chi connectivity index (χ1n) is 20.0. The smallest absolute Gasteiger partial charge is 0.345 e. The first-order chi connectivity index (χ1) is 30.5. The molecule has 5 aromatic carbocycles. The van der Waals surface area contributed by atoms with Crippen LogP contribution in [0.2, 0.25) is 5.02 Å². The van der Waals surface area contributed by atoms with Crippen LogP contribution in [0.4, 0.5) is 4.39 Å². The Labute approximate surface area is 368 Å². The van der Waals surface area contributed by atoms with E-state index in [1.807, 2.05) is 6.07 Å². The molecule has 9 rings (SSSR count). The van der Waals surface area contributed by atoms with Gasteiger partial charge in [0.1, 0.15) is 41.7 Å². The molecule has 1 atom stereocenters. The highest BCUT2D eigenvalue weighted by Crippen LogP contribution is 2.49. The molecule has 1 fully saturated rings. The van der Waals surface area contributed by atoms with Crippen molar-refractivity contribution in [2.24, 2.45) is 0 Å². The van der Waals surface area contributed by atoms with Gasteiger partial charge in [-0.05, 0) is 58.3 Å². The molecule has 14 nitrogen and oxygen atoms in total. The molecule has 3 aromatic heterocycles. The zero-order valence-electron chi connectivity index (χ0n) is 33.4. The van der Waals surface area contributed by atoms with Gasteiger partial charge in [0, 0.05) is 71.8 Å². The first kappa shape index (κ1) is 42.5. The van der Waals surface area contributed by atoms with E-state index < -0.39 is 25.5 Å². The van der Waals surface area contributed by atoms with Crippen LogP contribution in [0, 0.1) is 5.82 Å². The monoisotopic (exact) mass is 908 g/mol. The summed E-state index contributed by atoms with van der Waals surface area (Å²) in [6.07, 6.45) is 1.06. The fraction of sp³-hybridized carbons (Fsp3) is 0.222. The first-order valence-corrected chi connectivity index (χ1v) is 23.0. The van der Waals surface area contributed by atoms with E-state index in [4.69, 9.17) is 25.8 Å². The van der Waals surface area contributed by atoms with E-state index in [0.717, 1.165) is 42.8 Å². The Balaban J connectivity index is 1.00. The number of thiophene rings is 1. The number of hydrogen-bond acceptors (Lipinski definition) is 12. The number of fused-ring (bicyclic) bond motifs is 8. The number of rotatable bonds is 15. The van der Waals surface area contributed by atoms with Crippen LogP contribution in [0.5, 0.6) is 17.4 Å². The second-order valence-electron chi connectivity index (χ2n) is 15.0. The molecule has 0 amide bonds. The topological polar surface area (TPSA) is 189 Å². The van der Waals surface area contributed by atoms with Gasteiger partial charge in [-0.3, -0.25) is 9.46 Å². The second-order valence-corrected chi connectivity index (χ2v) is 18.1. The number of ether oxygens (including phenoxy) is 3. The maximum Gasteiger partial charge on any atom is 0.345 e. The molecular weight excluding hydrogens is 870 g/mol. The molecule has 1 saturated heterocycles. The number of aromatic nitrogens is 4. The predicted molar refractivity (Wildman–Crippen MR) is 239 cm³/mol. The number of hydrogen-bond donors (Lipinski definition) is 4. The molecule has 0 bridgehead atoms. The molecule has 4 N–H and O–H groups in total. The summed E-state index contributed by atoms with van der Waals surface area (Å²) < 4.78 is 45.9. The minimum Gasteiger partial charge on any atom is -0.491 e. The van der Waals surface area contributed by atoms with E-state index >= 15 is 0 Å². The molecule has 322 valence electrons. The van der Waals surface area contributed by atoms with Crippen molar-refractivity contribution in [3.63, 3.8) is 0 Å². The van der Waals surface area contributed by atoms with Crippen molar-refractivity contribution in [3.8, 4) is 28.8 Å². The molecule has 8 aromatic rings. The number of aliphatic carboxylic acids is 1. The quantitative estimate of drug-likeness (QED) is 0.0572. The lowest BCUT2D eigenvalue weighted by atomic mass is 9.97. The van der Waals surface area contributed by atoms with Gasteiger partial charge in [-0.25, -0.2) is 29.1 Å². The van der Waals surface area contributed by atoms with Crippen LogP contribution in [-0.4, -0.2) is 91.1 Å². The maximum atomic E-state index is 15.0. The van der Waals surface area contributed by atoms with Crippen LogP contribution in [0.3, 0.4) is 0 Å². The Morgan fingerprint density at radius 3 is 2.49 bits per heavy atom. The van der Waals surface area contributed by atoms with E-state index in [1.54, 1.807) is 72.9 Å². The Morgan fingerprint density at radius 1 is 0.905 bits per heavy atom. The van der Waals surface area contributed by atoms with Crippen LogP contribution >= 0.6 is 30.5 Å². The summed E-state index contributed by atoms with van der Waals surface area (Å²) >= 11 is 8.53. The van der Waals surface area contributed by atoms with Gasteiger partial charge in [-0.15, -0.1) is 11.3 Å². The van der Waals surface area contributed by atoms with Gasteiger partial charge in [0.15, 0.2) is 5.82 Å². The molecule has 0 unspecified atom stereocenters. The van der Waals surface area contributed by atoms with Crippen molar-refractivity contribution < 1.29 is 42.9 Å². The zero-order valence-corrected chi connectivity index (χ0v) is 35.9. The van der Waals surface area contributed by atoms with Crippen LogP contribution < -0.4 is 19.5 Å². The third-order valence-corrected chi connectivity index (χ3v) is 13.1. The standard InChI is InChI=1S/C45H39ClFN6O8PS/c46-40-35(59-20-19-53-17-15-48-16-18-53)12-11-32-37(40)33-22-29(47)9-10-31(33)41-38(32)39-43(50-25-51-44(39)63-41)61-36(45(54)55)21-28-3-1-2-4-34(28)60-23-30-13-14-49-42(52-30)27-7-5-26(6-8-27)24-62(56,57)58/h1-14,22,25,36,48H,15-21,23-24H2,(H,54,55)(H2,56,57,58)/t36-/m1/s1. The summed E-state index contributed by atoms with van der Waals surface area (Å²) in [5.41, 5.74) is 2.25. The van der Waals surface area contributed by atoms with Crippen molar-refractivity contribution >= 4 is 78.4 Å². The molecule has 18 heteroatoms. The fourth-order valence-electron chi connectivity index (χ4n) is 7.82. The third-order valence-electron chi connectivity index (χ3n) is 10.8. The molecule has 1 aliphatic rings. The van der Waals surface area contributed by atoms with Crippen LogP contribution in [0.15, 0.2) is 97.5 Å². The zero-order chi connectivity index (χ0) is 43.7. The molecule has 1 aliphatic heterocycles. The van der Waals surface area contributed by atoms with Gasteiger partial charge in [0.25, 0.3) is 0 Å². The molecule has 4 heterocycles. The minimum atomic E-state index is -4.21. The van der Waals surface area contributed by atoms with E-state index in [-0.39, 0.29) is 25.1 Å². The van der Waals surface area contributed by atoms with Crippen LogP contribution in [0.25, 0.3) is 53.2 Å². The molecule has 0 spiro atoms. The summed E-state index contributed by atoms with van der Waals surface area (Å²) in [7, 11) is -4.21. The van der Waals surface area contributed by atoms with Crippen molar-refractivity contribution in [2.75, 3.05) is 39.3 Å². The highest BCUT2D eigenvalue weighted by molar-refractivity contribution is 7.50. The lowest BCUT2D eigenvalue weighted by Gasteiger charge is -2.27. The van der Waals surface area contributed by atoms with Crippen LogP contribution in [0.1, 0.15) is 16.8 Å². The molecular formula is C45H39ClFN6O8PS. The van der Waals surface area contributed by atoms with Crippen molar-refractivity contribution in [1.82, 2.24) is 30.2 Å². The van der Waals surface area contributed by atoms with Gasteiger partial charge in [-0.2, -0.15) is 0 Å². The minimum absolute atomic E-state index is 0.0330. The van der Waals surface area contributed by atoms with Crippen molar-refractivity contribution in [2.45, 2.75) is 25.3 Å². The van der Waals surface area contributed by atoms with Gasteiger partial charge < -0.3 is 34.4 Å². The predicted octanol–water partition coefficient (Wildman–Crippen LogP) is 8.02. The lowest BCUT2D eigenvalue weighted by molar-refractivity contribution is -0.145. The number of carbonyl (C=O) groups is 1.